The summed E-state index contributed by atoms with van der Waals surface area (Å²) in [5.74, 6) is 0. The fourth-order valence-corrected chi connectivity index (χ4v) is 3.41. The Morgan fingerprint density at radius 1 is 1.24 bits per heavy atom. The van der Waals surface area contributed by atoms with Gasteiger partial charge < -0.3 is 10.5 Å². The minimum atomic E-state index is 0.251. The normalized spacial score (nSPS) is 38.5. The molecule has 3 heteroatoms. The number of rotatable bonds is 3. The van der Waals surface area contributed by atoms with Gasteiger partial charge in [-0.2, -0.15) is 0 Å². The van der Waals surface area contributed by atoms with Gasteiger partial charge in [-0.05, 0) is 50.6 Å². The fraction of sp³-hybridized carbons (Fsp3) is 1.00. The zero-order valence-electron chi connectivity index (χ0n) is 11.7. The quantitative estimate of drug-likeness (QED) is 0.820. The van der Waals surface area contributed by atoms with E-state index < -0.39 is 0 Å². The van der Waals surface area contributed by atoms with Gasteiger partial charge in [0.15, 0.2) is 0 Å². The Morgan fingerprint density at radius 3 is 2.53 bits per heavy atom. The molecule has 0 unspecified atom stereocenters. The summed E-state index contributed by atoms with van der Waals surface area (Å²) in [4.78, 5) is 2.65. The second-order valence-electron chi connectivity index (χ2n) is 6.70. The molecule has 1 saturated heterocycles. The molecule has 2 fully saturated rings. The number of hydrogen-bond acceptors (Lipinski definition) is 3. The van der Waals surface area contributed by atoms with Crippen LogP contribution in [0.5, 0.6) is 0 Å². The second-order valence-corrected chi connectivity index (χ2v) is 6.70. The van der Waals surface area contributed by atoms with E-state index >= 15 is 0 Å². The van der Waals surface area contributed by atoms with Gasteiger partial charge in [0.05, 0.1) is 6.10 Å². The van der Waals surface area contributed by atoms with Gasteiger partial charge in [0, 0.05) is 19.2 Å². The average molecular weight is 240 g/mol. The third kappa shape index (κ3) is 2.67. The first-order valence-electron chi connectivity index (χ1n) is 6.99. The Kier molecular flexibility index (Phi) is 3.81. The highest BCUT2D eigenvalue weighted by Crippen LogP contribution is 2.41. The molecule has 2 aliphatic rings. The molecule has 0 aromatic rings. The van der Waals surface area contributed by atoms with Gasteiger partial charge in [0.1, 0.15) is 0 Å². The van der Waals surface area contributed by atoms with Crippen molar-refractivity contribution in [3.8, 4) is 0 Å². The molecule has 3 nitrogen and oxygen atoms in total. The maximum Gasteiger partial charge on any atom is 0.0607 e. The van der Waals surface area contributed by atoms with Crippen LogP contribution in [0.1, 0.15) is 46.0 Å². The van der Waals surface area contributed by atoms with E-state index in [9.17, 15) is 0 Å². The van der Waals surface area contributed by atoms with Crippen molar-refractivity contribution in [1.29, 1.82) is 0 Å². The smallest absolute Gasteiger partial charge is 0.0607 e. The first-order chi connectivity index (χ1) is 8.01. The highest BCUT2D eigenvalue weighted by Gasteiger charge is 2.48. The lowest BCUT2D eigenvalue weighted by atomic mass is 9.72. The molecule has 0 aromatic heterocycles. The first-order valence-corrected chi connectivity index (χ1v) is 6.99. The molecular formula is C14H28N2O. The molecule has 0 spiro atoms. The van der Waals surface area contributed by atoms with Crippen LogP contribution >= 0.6 is 0 Å². The molecular weight excluding hydrogens is 212 g/mol. The lowest BCUT2D eigenvalue weighted by Gasteiger charge is -2.53. The minimum absolute atomic E-state index is 0.251. The topological polar surface area (TPSA) is 38.5 Å². The van der Waals surface area contributed by atoms with Crippen LogP contribution in [0.2, 0.25) is 0 Å². The maximum atomic E-state index is 6.04. The van der Waals surface area contributed by atoms with Crippen molar-refractivity contribution in [3.63, 3.8) is 0 Å². The Hall–Kier alpha value is -0.120. The molecule has 0 atom stereocenters. The van der Waals surface area contributed by atoms with E-state index in [4.69, 9.17) is 10.5 Å². The van der Waals surface area contributed by atoms with E-state index in [1.807, 2.05) is 7.11 Å². The second kappa shape index (κ2) is 4.87. The summed E-state index contributed by atoms with van der Waals surface area (Å²) in [6.07, 6.45) is 6.65. The molecule has 17 heavy (non-hydrogen) atoms. The highest BCUT2D eigenvalue weighted by molar-refractivity contribution is 5.05. The van der Waals surface area contributed by atoms with Crippen molar-refractivity contribution >= 4 is 0 Å². The molecule has 1 aliphatic heterocycles. The molecule has 0 bridgehead atoms. The summed E-state index contributed by atoms with van der Waals surface area (Å²) in [6.45, 7) is 8.00. The van der Waals surface area contributed by atoms with E-state index in [0.717, 1.165) is 19.4 Å². The van der Waals surface area contributed by atoms with E-state index in [0.29, 0.717) is 11.5 Å². The molecule has 1 saturated carbocycles. The van der Waals surface area contributed by atoms with Gasteiger partial charge in [-0.15, -0.1) is 0 Å². The number of methoxy groups -OCH3 is 1. The van der Waals surface area contributed by atoms with Crippen LogP contribution in [-0.4, -0.2) is 43.3 Å². The van der Waals surface area contributed by atoms with Gasteiger partial charge in [0.2, 0.25) is 0 Å². The summed E-state index contributed by atoms with van der Waals surface area (Å²) in [7, 11) is 1.82. The Labute approximate surface area is 106 Å². The third-order valence-corrected chi connectivity index (χ3v) is 4.94. The number of nitrogens with zero attached hydrogens (tertiary/aromatic N) is 1. The van der Waals surface area contributed by atoms with Crippen molar-refractivity contribution in [2.45, 2.75) is 57.6 Å². The molecule has 0 aromatic carbocycles. The molecule has 1 heterocycles. The molecule has 0 radical (unpaired) electrons. The molecule has 100 valence electrons. The number of nitrogens with two attached hydrogens (primary N) is 1. The van der Waals surface area contributed by atoms with Gasteiger partial charge in [-0.1, -0.05) is 13.8 Å². The van der Waals surface area contributed by atoms with Crippen molar-refractivity contribution < 1.29 is 4.74 Å². The van der Waals surface area contributed by atoms with Gasteiger partial charge in [-0.25, -0.2) is 0 Å². The molecule has 2 rings (SSSR count). The van der Waals surface area contributed by atoms with E-state index in [2.05, 4.69) is 18.7 Å². The van der Waals surface area contributed by atoms with Gasteiger partial charge >= 0.3 is 0 Å². The summed E-state index contributed by atoms with van der Waals surface area (Å²) in [5, 5.41) is 0. The van der Waals surface area contributed by atoms with Crippen LogP contribution in [0, 0.1) is 5.41 Å². The number of ether oxygens (including phenoxy) is 1. The Balaban J connectivity index is 1.97. The third-order valence-electron chi connectivity index (χ3n) is 4.94. The predicted molar refractivity (Wildman–Crippen MR) is 71.0 cm³/mol. The number of hydrogen-bond donors (Lipinski definition) is 1. The van der Waals surface area contributed by atoms with E-state index in [1.54, 1.807) is 0 Å². The number of likely N-dealkylation sites (tertiary alicyclic amines) is 1. The van der Waals surface area contributed by atoms with Crippen molar-refractivity contribution in [2.75, 3.05) is 26.7 Å². The minimum Gasteiger partial charge on any atom is -0.381 e. The lowest BCUT2D eigenvalue weighted by Crippen LogP contribution is -2.64. The predicted octanol–water partition coefficient (Wildman–Crippen LogP) is 2.00. The van der Waals surface area contributed by atoms with Crippen LogP contribution in [0.4, 0.5) is 0 Å². The van der Waals surface area contributed by atoms with Crippen molar-refractivity contribution in [2.24, 2.45) is 11.1 Å². The Bertz CT molecular complexity index is 259. The lowest BCUT2D eigenvalue weighted by molar-refractivity contribution is -0.0867. The molecule has 2 N–H and O–H groups in total. The van der Waals surface area contributed by atoms with Gasteiger partial charge in [-0.3, -0.25) is 4.90 Å². The zero-order valence-corrected chi connectivity index (χ0v) is 11.7. The molecule has 1 aliphatic carbocycles. The highest BCUT2D eigenvalue weighted by atomic mass is 16.5. The fourth-order valence-electron chi connectivity index (χ4n) is 3.41. The summed E-state index contributed by atoms with van der Waals surface area (Å²) in [5.41, 5.74) is 6.80. The van der Waals surface area contributed by atoms with E-state index in [-0.39, 0.29) is 5.54 Å². The van der Waals surface area contributed by atoms with Gasteiger partial charge in [0.25, 0.3) is 0 Å². The van der Waals surface area contributed by atoms with Crippen molar-refractivity contribution in [1.82, 2.24) is 4.90 Å². The SMILES string of the molecule is COC1CC(CN)(N2CCCC(C)(C)CC2)C1. The summed E-state index contributed by atoms with van der Waals surface area (Å²) >= 11 is 0. The van der Waals surface area contributed by atoms with Crippen LogP contribution < -0.4 is 5.73 Å². The van der Waals surface area contributed by atoms with E-state index in [1.165, 1.54) is 32.4 Å². The largest absolute Gasteiger partial charge is 0.381 e. The van der Waals surface area contributed by atoms with Crippen LogP contribution in [0.15, 0.2) is 0 Å². The summed E-state index contributed by atoms with van der Waals surface area (Å²) < 4.78 is 5.42. The van der Waals surface area contributed by atoms with Crippen LogP contribution in [0.3, 0.4) is 0 Å². The monoisotopic (exact) mass is 240 g/mol. The molecule has 0 amide bonds. The average Bonchev–Trinajstić information content (AvgIpc) is 2.40. The zero-order chi connectivity index (χ0) is 12.5. The standard InChI is InChI=1S/C14H28N2O/c1-13(2)5-4-7-16(8-6-13)14(11-15)9-12(10-14)17-3/h12H,4-11,15H2,1-3H3. The summed E-state index contributed by atoms with van der Waals surface area (Å²) in [6, 6.07) is 0. The first kappa shape index (κ1) is 13.3. The van der Waals surface area contributed by atoms with Crippen LogP contribution in [0.25, 0.3) is 0 Å². The van der Waals surface area contributed by atoms with Crippen molar-refractivity contribution in [3.05, 3.63) is 0 Å². The maximum absolute atomic E-state index is 6.04. The Morgan fingerprint density at radius 2 is 1.94 bits per heavy atom. The van der Waals surface area contributed by atoms with Crippen LogP contribution in [-0.2, 0) is 4.74 Å².